The predicted molar refractivity (Wildman–Crippen MR) is 248 cm³/mol. The second kappa shape index (κ2) is 11.5. The maximum absolute atomic E-state index is 2.49. The number of fused-ring (bicyclic) bond motifs is 14. The van der Waals surface area contributed by atoms with Gasteiger partial charge in [-0.05, 0) is 111 Å². The molecule has 2 heteroatoms. The first kappa shape index (κ1) is 30.7. The quantitative estimate of drug-likeness (QED) is 0.155. The lowest BCUT2D eigenvalue weighted by molar-refractivity contribution is 1.72. The smallest absolute Gasteiger partial charge is 0.0433 e. The second-order valence-electron chi connectivity index (χ2n) is 15.1. The van der Waals surface area contributed by atoms with Crippen LogP contribution in [0.5, 0.6) is 0 Å². The zero-order chi connectivity index (χ0) is 36.5. The number of hydrogen-bond acceptors (Lipinski definition) is 2. The molecule has 56 heavy (non-hydrogen) atoms. The summed E-state index contributed by atoms with van der Waals surface area (Å²) in [5.74, 6) is 0. The minimum Gasteiger partial charge on any atom is -0.135 e. The first-order valence-corrected chi connectivity index (χ1v) is 20.9. The van der Waals surface area contributed by atoms with E-state index >= 15 is 0 Å². The highest BCUT2D eigenvalue weighted by molar-refractivity contribution is 7.26. The van der Waals surface area contributed by atoms with Crippen molar-refractivity contribution in [2.45, 2.75) is 0 Å². The van der Waals surface area contributed by atoms with Crippen molar-refractivity contribution >= 4 is 128 Å². The van der Waals surface area contributed by atoms with Gasteiger partial charge in [0.2, 0.25) is 0 Å². The van der Waals surface area contributed by atoms with Crippen LogP contribution in [0.3, 0.4) is 0 Å². The molecule has 0 saturated carbocycles. The second-order valence-corrected chi connectivity index (χ2v) is 17.2. The molecule has 0 unspecified atom stereocenters. The molecule has 11 aromatic carbocycles. The fourth-order valence-electron chi connectivity index (χ4n) is 9.78. The van der Waals surface area contributed by atoms with E-state index in [1.54, 1.807) is 0 Å². The summed E-state index contributed by atoms with van der Waals surface area (Å²) < 4.78 is 5.34. The molecular weight excluding hydrogens is 713 g/mol. The minimum atomic E-state index is 1.24. The van der Waals surface area contributed by atoms with Crippen molar-refractivity contribution in [3.63, 3.8) is 0 Å². The molecule has 0 radical (unpaired) electrons. The molecule has 0 aliphatic heterocycles. The van der Waals surface area contributed by atoms with Crippen LogP contribution < -0.4 is 0 Å². The van der Waals surface area contributed by atoms with Crippen LogP contribution in [0.25, 0.3) is 127 Å². The largest absolute Gasteiger partial charge is 0.135 e. The Hall–Kier alpha value is -6.58. The van der Waals surface area contributed by atoms with Crippen LogP contribution in [0.1, 0.15) is 0 Å². The van der Waals surface area contributed by atoms with Crippen LogP contribution >= 0.6 is 22.7 Å². The third-order valence-corrected chi connectivity index (χ3v) is 14.7. The van der Waals surface area contributed by atoms with Gasteiger partial charge in [-0.15, -0.1) is 22.7 Å². The average molecular weight is 743 g/mol. The highest BCUT2D eigenvalue weighted by Crippen LogP contribution is 2.47. The standard InChI is InChI=1S/C54H30S2/c1-2-12-36-35(11-1)41-17-9-19-43-37-27-25-31(33-15-7-21-45-39-13-3-5-23-49(39)55-53(33)45)29-47(37)48-30-32(26-28-38(48)44-20-10-18-42(36)52(44)51(41)43)34-16-8-22-46-40-14-4-6-24-50(40)56-54(34)46/h1-30H. The zero-order valence-corrected chi connectivity index (χ0v) is 31.8. The lowest BCUT2D eigenvalue weighted by Gasteiger charge is -2.17. The summed E-state index contributed by atoms with van der Waals surface area (Å²) in [7, 11) is 0. The topological polar surface area (TPSA) is 0 Å². The van der Waals surface area contributed by atoms with Crippen LogP contribution in [0.2, 0.25) is 0 Å². The van der Waals surface area contributed by atoms with Gasteiger partial charge in [-0.2, -0.15) is 0 Å². The maximum atomic E-state index is 2.49. The molecule has 0 atom stereocenters. The molecule has 13 rings (SSSR count). The SMILES string of the molecule is c1ccc2c(c1)sc1c(-c3ccc4c(c3)c3cc(-c5cccc6c5sc5ccccc56)ccc3c3cccc5c6ccccc6c6cccc4c6c35)cccc12. The number of thiophene rings is 2. The van der Waals surface area contributed by atoms with Gasteiger partial charge in [-0.3, -0.25) is 0 Å². The lowest BCUT2D eigenvalue weighted by atomic mass is 9.86. The van der Waals surface area contributed by atoms with Crippen LogP contribution in [-0.4, -0.2) is 0 Å². The third kappa shape index (κ3) is 4.18. The van der Waals surface area contributed by atoms with Crippen molar-refractivity contribution in [3.8, 4) is 22.3 Å². The monoisotopic (exact) mass is 742 g/mol. The van der Waals surface area contributed by atoms with Crippen molar-refractivity contribution in [1.29, 1.82) is 0 Å². The Kier molecular flexibility index (Phi) is 6.29. The van der Waals surface area contributed by atoms with E-state index < -0.39 is 0 Å². The Morgan fingerprint density at radius 1 is 0.232 bits per heavy atom. The van der Waals surface area contributed by atoms with Crippen molar-refractivity contribution in [2.24, 2.45) is 0 Å². The minimum absolute atomic E-state index is 1.24. The van der Waals surface area contributed by atoms with Gasteiger partial charge in [0.1, 0.15) is 0 Å². The van der Waals surface area contributed by atoms with Gasteiger partial charge in [0.05, 0.1) is 0 Å². The summed E-state index contributed by atoms with van der Waals surface area (Å²) in [4.78, 5) is 0. The molecule has 2 heterocycles. The summed E-state index contributed by atoms with van der Waals surface area (Å²) in [6.45, 7) is 0. The Bertz CT molecular complexity index is 3570. The van der Waals surface area contributed by atoms with Gasteiger partial charge in [-0.25, -0.2) is 0 Å². The van der Waals surface area contributed by atoms with E-state index in [4.69, 9.17) is 0 Å². The number of hydrogen-bond donors (Lipinski definition) is 0. The Morgan fingerprint density at radius 2 is 0.571 bits per heavy atom. The lowest BCUT2D eigenvalue weighted by Crippen LogP contribution is -1.89. The Balaban J connectivity index is 1.23. The molecule has 0 spiro atoms. The van der Waals surface area contributed by atoms with Crippen LogP contribution in [-0.2, 0) is 0 Å². The molecule has 0 nitrogen and oxygen atoms in total. The van der Waals surface area contributed by atoms with Gasteiger partial charge in [0.15, 0.2) is 0 Å². The molecule has 258 valence electrons. The average Bonchev–Trinajstić information content (AvgIpc) is 3.84. The molecule has 0 saturated heterocycles. The van der Waals surface area contributed by atoms with E-state index in [1.807, 2.05) is 22.7 Å². The fourth-order valence-corrected chi connectivity index (χ4v) is 12.3. The van der Waals surface area contributed by atoms with E-state index in [2.05, 4.69) is 182 Å². The molecule has 0 aliphatic carbocycles. The highest BCUT2D eigenvalue weighted by atomic mass is 32.1. The zero-order valence-electron chi connectivity index (χ0n) is 30.1. The van der Waals surface area contributed by atoms with E-state index in [9.17, 15) is 0 Å². The molecular formula is C54H30S2. The molecule has 0 fully saturated rings. The Morgan fingerprint density at radius 3 is 1.02 bits per heavy atom. The normalized spacial score (nSPS) is 12.3. The van der Waals surface area contributed by atoms with Crippen LogP contribution in [0.4, 0.5) is 0 Å². The van der Waals surface area contributed by atoms with Gasteiger partial charge in [0, 0.05) is 40.3 Å². The Labute approximate surface area is 330 Å². The molecule has 0 amide bonds. The summed E-state index contributed by atoms with van der Waals surface area (Å²) in [6, 6.07) is 68.6. The number of rotatable bonds is 2. The van der Waals surface area contributed by atoms with Gasteiger partial charge >= 0.3 is 0 Å². The summed E-state index contributed by atoms with van der Waals surface area (Å²) in [6.07, 6.45) is 0. The van der Waals surface area contributed by atoms with Crippen molar-refractivity contribution in [1.82, 2.24) is 0 Å². The van der Waals surface area contributed by atoms with E-state index in [-0.39, 0.29) is 0 Å². The molecule has 0 N–H and O–H groups in total. The first-order chi connectivity index (χ1) is 27.8. The summed E-state index contributed by atoms with van der Waals surface area (Å²) >= 11 is 3.80. The molecule has 13 aromatic rings. The highest BCUT2D eigenvalue weighted by Gasteiger charge is 2.18. The van der Waals surface area contributed by atoms with E-state index in [1.165, 1.54) is 127 Å². The van der Waals surface area contributed by atoms with Crippen LogP contribution in [0, 0.1) is 0 Å². The van der Waals surface area contributed by atoms with Crippen molar-refractivity contribution in [3.05, 3.63) is 182 Å². The van der Waals surface area contributed by atoms with Crippen molar-refractivity contribution < 1.29 is 0 Å². The molecule has 0 bridgehead atoms. The van der Waals surface area contributed by atoms with Gasteiger partial charge in [0.25, 0.3) is 0 Å². The molecule has 0 aliphatic rings. The summed E-state index contributed by atoms with van der Waals surface area (Å²) in [5, 5.41) is 20.8. The number of benzene rings is 10. The fraction of sp³-hybridized carbons (Fsp3) is 0. The van der Waals surface area contributed by atoms with Gasteiger partial charge < -0.3 is 0 Å². The third-order valence-electron chi connectivity index (χ3n) is 12.2. The van der Waals surface area contributed by atoms with Crippen LogP contribution in [0.15, 0.2) is 182 Å². The first-order valence-electron chi connectivity index (χ1n) is 19.3. The van der Waals surface area contributed by atoms with Gasteiger partial charge in [-0.1, -0.05) is 158 Å². The van der Waals surface area contributed by atoms with E-state index in [0.717, 1.165) is 0 Å². The maximum Gasteiger partial charge on any atom is 0.0433 e. The molecule has 2 aromatic heterocycles. The van der Waals surface area contributed by atoms with Crippen molar-refractivity contribution in [2.75, 3.05) is 0 Å². The predicted octanol–water partition coefficient (Wildman–Crippen LogP) is 16.7. The van der Waals surface area contributed by atoms with E-state index in [0.29, 0.717) is 0 Å². The summed E-state index contributed by atoms with van der Waals surface area (Å²) in [5.41, 5.74) is 5.06.